The molecule has 0 saturated carbocycles. The summed E-state index contributed by atoms with van der Waals surface area (Å²) in [5, 5.41) is 0. The van der Waals surface area contributed by atoms with Crippen LogP contribution >= 0.6 is 8.60 Å². The van der Waals surface area contributed by atoms with Crippen molar-refractivity contribution in [1.82, 2.24) is 0 Å². The number of rotatable bonds is 6. The molecule has 0 amide bonds. The molecule has 4 heteroatoms. The van der Waals surface area contributed by atoms with E-state index in [-0.39, 0.29) is 0 Å². The zero-order chi connectivity index (χ0) is 18.5. The van der Waals surface area contributed by atoms with E-state index < -0.39 is 8.60 Å². The van der Waals surface area contributed by atoms with Gasteiger partial charge < -0.3 is 13.6 Å². The summed E-state index contributed by atoms with van der Waals surface area (Å²) in [6.07, 6.45) is 0. The van der Waals surface area contributed by atoms with Gasteiger partial charge in [0.1, 0.15) is 17.2 Å². The van der Waals surface area contributed by atoms with Crippen LogP contribution in [0.15, 0.2) is 66.7 Å². The van der Waals surface area contributed by atoms with Gasteiger partial charge >= 0.3 is 8.60 Å². The molecule has 0 unspecified atom stereocenters. The van der Waals surface area contributed by atoms with Crippen molar-refractivity contribution in [2.75, 3.05) is 0 Å². The molecule has 26 heavy (non-hydrogen) atoms. The standard InChI is InChI=1S/C22H23O3P/c1-16-10-8-11-17(2)21(16)24-26(23-20-14-6-5-7-15-20)25-22-18(3)12-9-13-19(22)4/h5-15H,1-4H3. The van der Waals surface area contributed by atoms with Gasteiger partial charge in [-0.25, -0.2) is 0 Å². The molecule has 0 heterocycles. The molecule has 0 aromatic heterocycles. The Morgan fingerprint density at radius 2 is 0.923 bits per heavy atom. The van der Waals surface area contributed by atoms with Crippen molar-refractivity contribution < 1.29 is 13.6 Å². The van der Waals surface area contributed by atoms with Crippen molar-refractivity contribution in [2.24, 2.45) is 0 Å². The number of hydrogen-bond donors (Lipinski definition) is 0. The second-order valence-corrected chi connectivity index (χ2v) is 7.25. The van der Waals surface area contributed by atoms with E-state index in [4.69, 9.17) is 13.6 Å². The molecule has 3 rings (SSSR count). The van der Waals surface area contributed by atoms with Gasteiger partial charge in [0.2, 0.25) is 0 Å². The molecular formula is C22H23O3P. The largest absolute Gasteiger partial charge is 0.530 e. The maximum atomic E-state index is 6.21. The molecule has 0 fully saturated rings. The van der Waals surface area contributed by atoms with Crippen LogP contribution in [0.5, 0.6) is 17.2 Å². The highest BCUT2D eigenvalue weighted by Gasteiger charge is 2.23. The Hall–Kier alpha value is -2.51. The summed E-state index contributed by atoms with van der Waals surface area (Å²) in [5.74, 6) is 2.33. The monoisotopic (exact) mass is 366 g/mol. The van der Waals surface area contributed by atoms with Crippen LogP contribution in [-0.2, 0) is 0 Å². The van der Waals surface area contributed by atoms with Crippen LogP contribution < -0.4 is 13.6 Å². The number of hydrogen-bond acceptors (Lipinski definition) is 3. The Morgan fingerprint density at radius 3 is 1.35 bits per heavy atom. The van der Waals surface area contributed by atoms with E-state index in [1.807, 2.05) is 94.4 Å². The fourth-order valence-corrected chi connectivity index (χ4v) is 3.94. The average molecular weight is 366 g/mol. The van der Waals surface area contributed by atoms with Crippen LogP contribution in [0.3, 0.4) is 0 Å². The molecule has 0 aliphatic carbocycles. The number of benzene rings is 3. The normalized spacial score (nSPS) is 10.7. The minimum Gasteiger partial charge on any atom is -0.409 e. The van der Waals surface area contributed by atoms with E-state index in [0.717, 1.165) is 39.5 Å². The maximum absolute atomic E-state index is 6.21. The lowest BCUT2D eigenvalue weighted by Crippen LogP contribution is -2.05. The molecule has 0 saturated heterocycles. The van der Waals surface area contributed by atoms with Crippen LogP contribution in [-0.4, -0.2) is 0 Å². The minimum atomic E-state index is -1.65. The molecule has 134 valence electrons. The van der Waals surface area contributed by atoms with Crippen molar-refractivity contribution in [2.45, 2.75) is 27.7 Å². The zero-order valence-electron chi connectivity index (χ0n) is 15.5. The molecule has 0 radical (unpaired) electrons. The van der Waals surface area contributed by atoms with Crippen LogP contribution in [0.4, 0.5) is 0 Å². The van der Waals surface area contributed by atoms with E-state index in [0.29, 0.717) is 0 Å². The van der Waals surface area contributed by atoms with Crippen molar-refractivity contribution >= 4 is 8.60 Å². The van der Waals surface area contributed by atoms with Gasteiger partial charge in [-0.3, -0.25) is 0 Å². The minimum absolute atomic E-state index is 0.719. The Bertz CT molecular complexity index is 784. The molecule has 0 bridgehead atoms. The van der Waals surface area contributed by atoms with Crippen molar-refractivity contribution in [3.05, 3.63) is 89.0 Å². The highest BCUT2D eigenvalue weighted by molar-refractivity contribution is 7.43. The van der Waals surface area contributed by atoms with Gasteiger partial charge in [-0.05, 0) is 62.1 Å². The second kappa shape index (κ2) is 8.25. The van der Waals surface area contributed by atoms with Crippen molar-refractivity contribution in [3.8, 4) is 17.2 Å². The third-order valence-corrected chi connectivity index (χ3v) is 5.10. The highest BCUT2D eigenvalue weighted by Crippen LogP contribution is 2.45. The van der Waals surface area contributed by atoms with Crippen LogP contribution in [0, 0.1) is 27.7 Å². The van der Waals surface area contributed by atoms with Gasteiger partial charge in [0.05, 0.1) is 0 Å². The van der Waals surface area contributed by atoms with E-state index in [9.17, 15) is 0 Å². The summed E-state index contributed by atoms with van der Waals surface area (Å²) in [6.45, 7) is 8.10. The Morgan fingerprint density at radius 1 is 0.500 bits per heavy atom. The second-order valence-electron chi connectivity index (χ2n) is 6.25. The Kier molecular flexibility index (Phi) is 5.80. The Balaban J connectivity index is 1.91. The molecule has 0 atom stereocenters. The predicted octanol–water partition coefficient (Wildman–Crippen LogP) is 6.68. The molecule has 3 nitrogen and oxygen atoms in total. The first-order valence-electron chi connectivity index (χ1n) is 8.56. The summed E-state index contributed by atoms with van der Waals surface area (Å²) >= 11 is 0. The lowest BCUT2D eigenvalue weighted by Gasteiger charge is -2.21. The molecule has 3 aromatic rings. The smallest absolute Gasteiger partial charge is 0.409 e. The molecule has 0 N–H and O–H groups in total. The third-order valence-electron chi connectivity index (χ3n) is 4.07. The Labute approximate surface area is 156 Å². The number of aryl methyl sites for hydroxylation is 4. The van der Waals surface area contributed by atoms with Crippen molar-refractivity contribution in [1.29, 1.82) is 0 Å². The quantitative estimate of drug-likeness (QED) is 0.455. The van der Waals surface area contributed by atoms with E-state index >= 15 is 0 Å². The summed E-state index contributed by atoms with van der Waals surface area (Å²) in [5.41, 5.74) is 4.22. The molecule has 0 aliphatic heterocycles. The first kappa shape index (κ1) is 18.3. The van der Waals surface area contributed by atoms with E-state index in [1.165, 1.54) is 0 Å². The molecule has 3 aromatic carbocycles. The topological polar surface area (TPSA) is 27.7 Å². The zero-order valence-corrected chi connectivity index (χ0v) is 16.4. The maximum Gasteiger partial charge on any atom is 0.530 e. The van der Waals surface area contributed by atoms with Gasteiger partial charge in [-0.1, -0.05) is 54.6 Å². The SMILES string of the molecule is Cc1cccc(C)c1OP(Oc1ccccc1)Oc1c(C)cccc1C. The van der Waals surface area contributed by atoms with Gasteiger partial charge in [0.15, 0.2) is 0 Å². The van der Waals surface area contributed by atoms with Gasteiger partial charge in [-0.15, -0.1) is 0 Å². The lowest BCUT2D eigenvalue weighted by atomic mass is 10.1. The summed E-state index contributed by atoms with van der Waals surface area (Å²) < 4.78 is 18.5. The number of para-hydroxylation sites is 3. The first-order chi connectivity index (χ1) is 12.5. The molecule has 0 spiro atoms. The fourth-order valence-electron chi connectivity index (χ4n) is 2.66. The van der Waals surface area contributed by atoms with Crippen LogP contribution in [0.1, 0.15) is 22.3 Å². The van der Waals surface area contributed by atoms with Crippen LogP contribution in [0.2, 0.25) is 0 Å². The fraction of sp³-hybridized carbons (Fsp3) is 0.182. The lowest BCUT2D eigenvalue weighted by molar-refractivity contribution is 0.384. The molecular weight excluding hydrogens is 343 g/mol. The van der Waals surface area contributed by atoms with Crippen LogP contribution in [0.25, 0.3) is 0 Å². The van der Waals surface area contributed by atoms with E-state index in [1.54, 1.807) is 0 Å². The third kappa shape index (κ3) is 4.36. The van der Waals surface area contributed by atoms with Gasteiger partial charge in [0.25, 0.3) is 0 Å². The van der Waals surface area contributed by atoms with Gasteiger partial charge in [-0.2, -0.15) is 0 Å². The first-order valence-corrected chi connectivity index (χ1v) is 9.65. The van der Waals surface area contributed by atoms with Gasteiger partial charge in [0, 0.05) is 0 Å². The molecule has 0 aliphatic rings. The summed E-state index contributed by atoms with van der Waals surface area (Å²) in [7, 11) is -1.65. The summed E-state index contributed by atoms with van der Waals surface area (Å²) in [4.78, 5) is 0. The average Bonchev–Trinajstić information content (AvgIpc) is 2.62. The predicted molar refractivity (Wildman–Crippen MR) is 107 cm³/mol. The summed E-state index contributed by atoms with van der Waals surface area (Å²) in [6, 6.07) is 21.8. The van der Waals surface area contributed by atoms with Crippen molar-refractivity contribution in [3.63, 3.8) is 0 Å². The van der Waals surface area contributed by atoms with E-state index in [2.05, 4.69) is 0 Å². The highest BCUT2D eigenvalue weighted by atomic mass is 31.2.